The first kappa shape index (κ1) is 26.3. The van der Waals surface area contributed by atoms with E-state index < -0.39 is 12.2 Å². The van der Waals surface area contributed by atoms with Crippen LogP contribution in [0.15, 0.2) is 4.99 Å². The Morgan fingerprint density at radius 2 is 1.94 bits per heavy atom. The molecule has 0 bridgehead atoms. The number of amidine groups is 1. The molecular formula is C25H45N7O3. The first-order valence-corrected chi connectivity index (χ1v) is 13.6. The molecule has 7 atom stereocenters. The van der Waals surface area contributed by atoms with Crippen LogP contribution in [-0.4, -0.2) is 103 Å². The minimum atomic E-state index is -0.545. The minimum absolute atomic E-state index is 0.0593. The molecule has 0 aromatic heterocycles. The summed E-state index contributed by atoms with van der Waals surface area (Å²) < 4.78 is 5.53. The molecule has 0 radical (unpaired) electrons. The van der Waals surface area contributed by atoms with Crippen LogP contribution in [0.4, 0.5) is 0 Å². The maximum atomic E-state index is 12.4. The number of nitrogens with two attached hydrogens (primary N) is 1. The lowest BCUT2D eigenvalue weighted by Crippen LogP contribution is -2.66. The van der Waals surface area contributed by atoms with Gasteiger partial charge in [0.15, 0.2) is 0 Å². The highest BCUT2D eigenvalue weighted by Crippen LogP contribution is 2.29. The van der Waals surface area contributed by atoms with Crippen molar-refractivity contribution in [2.75, 3.05) is 39.4 Å². The first-order valence-electron chi connectivity index (χ1n) is 13.6. The maximum Gasteiger partial charge on any atom is 0.238 e. The highest BCUT2D eigenvalue weighted by atomic mass is 16.5. The second kappa shape index (κ2) is 12.0. The van der Waals surface area contributed by atoms with Crippen LogP contribution >= 0.6 is 0 Å². The average molecular weight is 492 g/mol. The summed E-state index contributed by atoms with van der Waals surface area (Å²) in [5.41, 5.74) is 5.82. The number of nitrogens with zero attached hydrogens (tertiary/aromatic N) is 3. The third kappa shape index (κ3) is 6.34. The predicted molar refractivity (Wildman–Crippen MR) is 136 cm³/mol. The molecule has 1 saturated carbocycles. The monoisotopic (exact) mass is 491 g/mol. The molecule has 0 aromatic carbocycles. The van der Waals surface area contributed by atoms with Crippen molar-refractivity contribution in [2.24, 2.45) is 16.6 Å². The smallest absolute Gasteiger partial charge is 0.238 e. The molecule has 5 N–H and O–H groups in total. The number of hydrogen-bond acceptors (Lipinski definition) is 8. The highest BCUT2D eigenvalue weighted by Gasteiger charge is 2.39. The lowest BCUT2D eigenvalue weighted by atomic mass is 9.81. The van der Waals surface area contributed by atoms with Gasteiger partial charge in [-0.05, 0) is 38.0 Å². The van der Waals surface area contributed by atoms with Gasteiger partial charge in [0.05, 0.1) is 19.3 Å². The van der Waals surface area contributed by atoms with E-state index >= 15 is 0 Å². The van der Waals surface area contributed by atoms with Crippen molar-refractivity contribution in [3.05, 3.63) is 0 Å². The van der Waals surface area contributed by atoms with Crippen LogP contribution in [0.5, 0.6) is 0 Å². The zero-order valence-electron chi connectivity index (χ0n) is 21.7. The van der Waals surface area contributed by atoms with Gasteiger partial charge in [-0.25, -0.2) is 0 Å². The van der Waals surface area contributed by atoms with Gasteiger partial charge in [0.25, 0.3) is 0 Å². The minimum Gasteiger partial charge on any atom is -0.379 e. The van der Waals surface area contributed by atoms with Crippen LogP contribution < -0.4 is 21.7 Å². The van der Waals surface area contributed by atoms with E-state index in [0.717, 1.165) is 70.8 Å². The number of likely N-dealkylation sites (tertiary alicyclic amines) is 1. The van der Waals surface area contributed by atoms with E-state index in [0.29, 0.717) is 24.9 Å². The molecule has 0 aromatic rings. The molecular weight excluding hydrogens is 446 g/mol. The number of ether oxygens (including phenoxy) is 1. The number of carbonyl (C=O) groups excluding carboxylic acids is 2. The van der Waals surface area contributed by atoms with E-state index in [2.05, 4.69) is 34.7 Å². The average Bonchev–Trinajstić information content (AvgIpc) is 3.33. The third-order valence-electron chi connectivity index (χ3n) is 8.30. The molecule has 0 spiro atoms. The summed E-state index contributed by atoms with van der Waals surface area (Å²) in [6.45, 7) is 11.5. The molecule has 3 fully saturated rings. The molecule has 4 aliphatic rings. The van der Waals surface area contributed by atoms with Crippen LogP contribution in [0.25, 0.3) is 0 Å². The molecule has 2 saturated heterocycles. The van der Waals surface area contributed by atoms with Crippen molar-refractivity contribution in [2.45, 2.75) is 95.7 Å². The lowest BCUT2D eigenvalue weighted by molar-refractivity contribution is -0.129. The maximum absolute atomic E-state index is 12.4. The van der Waals surface area contributed by atoms with Gasteiger partial charge in [-0.3, -0.25) is 30.1 Å². The Bertz CT molecular complexity index is 772. The molecule has 35 heavy (non-hydrogen) atoms. The number of aliphatic imine (C=N–C) groups is 1. The van der Waals surface area contributed by atoms with E-state index in [9.17, 15) is 9.59 Å². The van der Waals surface area contributed by atoms with Gasteiger partial charge in [-0.15, -0.1) is 0 Å². The number of nitrogens with one attached hydrogen (secondary N) is 3. The number of carbonyl (C=O) groups is 2. The summed E-state index contributed by atoms with van der Waals surface area (Å²) in [5, 5.41) is 10.8. The molecule has 10 heteroatoms. The van der Waals surface area contributed by atoms with Crippen LogP contribution in [0.3, 0.4) is 0 Å². The van der Waals surface area contributed by atoms with Gasteiger partial charge < -0.3 is 20.7 Å². The second-order valence-corrected chi connectivity index (χ2v) is 10.7. The molecule has 3 heterocycles. The molecule has 1 aliphatic carbocycles. The fraction of sp³-hybridized carbons (Fsp3) is 0.880. The Morgan fingerprint density at radius 1 is 1.17 bits per heavy atom. The SMILES string of the molecule is CCC(=O)N1CC[C@@H](NC2=NC(NC3CCC(N4CCOCC4)CC3C)C(C(N)=O)NC2CC)C1. The number of hydrogen-bond donors (Lipinski definition) is 4. The van der Waals surface area contributed by atoms with Gasteiger partial charge in [0.2, 0.25) is 11.8 Å². The van der Waals surface area contributed by atoms with Crippen LogP contribution in [0.1, 0.15) is 59.3 Å². The van der Waals surface area contributed by atoms with Crippen molar-refractivity contribution >= 4 is 17.6 Å². The van der Waals surface area contributed by atoms with Crippen LogP contribution in [0.2, 0.25) is 0 Å². The van der Waals surface area contributed by atoms with Gasteiger partial charge in [0.1, 0.15) is 18.0 Å². The third-order valence-corrected chi connectivity index (χ3v) is 8.30. The summed E-state index contributed by atoms with van der Waals surface area (Å²) in [4.78, 5) is 34.0. The van der Waals surface area contributed by atoms with E-state index in [1.54, 1.807) is 0 Å². The Kier molecular flexibility index (Phi) is 9.02. The standard InChI is InChI=1S/C25H45N7O3/c1-4-19-24(27-17-8-9-32(15-17)21(33)5-2)30-25(22(28-19)23(26)34)29-20-7-6-18(14-16(20)3)31-10-12-35-13-11-31/h16-20,22,25,28-29H,4-15H2,1-3H3,(H2,26,34)(H,27,30)/t16?,17-,18?,19?,20?,22?,25?/m1/s1. The van der Waals surface area contributed by atoms with Gasteiger partial charge in [-0.1, -0.05) is 20.8 Å². The summed E-state index contributed by atoms with van der Waals surface area (Å²) >= 11 is 0. The fourth-order valence-corrected chi connectivity index (χ4v) is 6.17. The van der Waals surface area contributed by atoms with Gasteiger partial charge in [0, 0.05) is 50.7 Å². The van der Waals surface area contributed by atoms with Crippen molar-refractivity contribution < 1.29 is 14.3 Å². The zero-order chi connectivity index (χ0) is 24.9. The summed E-state index contributed by atoms with van der Waals surface area (Å²) in [6, 6.07) is 0.458. The van der Waals surface area contributed by atoms with Crippen LogP contribution in [-0.2, 0) is 14.3 Å². The van der Waals surface area contributed by atoms with Crippen molar-refractivity contribution in [1.29, 1.82) is 0 Å². The van der Waals surface area contributed by atoms with Crippen molar-refractivity contribution in [3.63, 3.8) is 0 Å². The van der Waals surface area contributed by atoms with Gasteiger partial charge in [-0.2, -0.15) is 0 Å². The molecule has 198 valence electrons. The first-order chi connectivity index (χ1) is 16.9. The topological polar surface area (TPSA) is 124 Å². The lowest BCUT2D eigenvalue weighted by Gasteiger charge is -2.44. The van der Waals surface area contributed by atoms with E-state index in [4.69, 9.17) is 15.5 Å². The Hall–Kier alpha value is -1.75. The number of primary amides is 1. The summed E-state index contributed by atoms with van der Waals surface area (Å²) in [7, 11) is 0. The molecule has 6 unspecified atom stereocenters. The summed E-state index contributed by atoms with van der Waals surface area (Å²) in [6.07, 6.45) is 5.16. The zero-order valence-corrected chi connectivity index (χ0v) is 21.7. The molecule has 4 rings (SSSR count). The summed E-state index contributed by atoms with van der Waals surface area (Å²) in [5.74, 6) is 1.16. The normalized spacial score (nSPS) is 36.6. The van der Waals surface area contributed by atoms with E-state index in [1.165, 1.54) is 0 Å². The second-order valence-electron chi connectivity index (χ2n) is 10.7. The Labute approximate surface area is 209 Å². The van der Waals surface area contributed by atoms with Crippen LogP contribution in [0, 0.1) is 5.92 Å². The Morgan fingerprint density at radius 3 is 2.60 bits per heavy atom. The highest BCUT2D eigenvalue weighted by molar-refractivity contribution is 5.91. The largest absolute Gasteiger partial charge is 0.379 e. The van der Waals surface area contributed by atoms with E-state index in [-0.39, 0.29) is 29.9 Å². The van der Waals surface area contributed by atoms with Gasteiger partial charge >= 0.3 is 0 Å². The Balaban J connectivity index is 1.41. The van der Waals surface area contributed by atoms with Crippen molar-refractivity contribution in [1.82, 2.24) is 25.8 Å². The van der Waals surface area contributed by atoms with E-state index in [1.807, 2.05) is 11.8 Å². The number of rotatable bonds is 7. The molecule has 3 aliphatic heterocycles. The molecule has 2 amide bonds. The molecule has 10 nitrogen and oxygen atoms in total. The van der Waals surface area contributed by atoms with Crippen molar-refractivity contribution in [3.8, 4) is 0 Å². The predicted octanol–water partition coefficient (Wildman–Crippen LogP) is 0.0262. The quantitative estimate of drug-likeness (QED) is 0.396. The number of amides is 2. The fourth-order valence-electron chi connectivity index (χ4n) is 6.17. The number of morpholine rings is 1.